The van der Waals surface area contributed by atoms with Crippen LogP contribution in [-0.2, 0) is 5.41 Å². The summed E-state index contributed by atoms with van der Waals surface area (Å²) in [6.07, 6.45) is 0. The molecule has 3 heterocycles. The minimum atomic E-state index is -0.429. The largest absolute Gasteiger partial charge is 0.278 e. The molecule has 1 aliphatic carbocycles. The van der Waals surface area contributed by atoms with Crippen molar-refractivity contribution in [2.45, 2.75) is 15.2 Å². The van der Waals surface area contributed by atoms with E-state index in [1.165, 1.54) is 53.9 Å². The number of hydrogen-bond acceptors (Lipinski definition) is 3. The lowest BCUT2D eigenvalue weighted by molar-refractivity contribution is 0.726. The molecule has 1 spiro atoms. The molecule has 11 rings (SSSR count). The van der Waals surface area contributed by atoms with Gasteiger partial charge in [0.2, 0.25) is 5.95 Å². The Labute approximate surface area is 287 Å². The zero-order valence-electron chi connectivity index (χ0n) is 26.3. The molecule has 0 amide bonds. The number of aromatic nitrogens is 3. The standard InChI is InChI=1S/C45H27N3S/c1-2-14-28(15-3-1)42-31-18-6-11-23-37(31)46-44(47-42)48-38-24-12-7-19-32(38)41-39(48)27-26-36-43(41)49-40-25-13-10-22-35(40)45(36)33-20-8-4-16-29(33)30-17-5-9-21-34(30)45/h1-27H. The first-order chi connectivity index (χ1) is 24.3. The van der Waals surface area contributed by atoms with Crippen LogP contribution in [0.15, 0.2) is 174 Å². The minimum Gasteiger partial charge on any atom is -0.278 e. The van der Waals surface area contributed by atoms with Gasteiger partial charge >= 0.3 is 0 Å². The van der Waals surface area contributed by atoms with E-state index in [1.54, 1.807) is 0 Å². The van der Waals surface area contributed by atoms with Crippen LogP contribution in [0.25, 0.3) is 61.0 Å². The van der Waals surface area contributed by atoms with Gasteiger partial charge in [-0.1, -0.05) is 151 Å². The molecule has 7 aromatic carbocycles. The first-order valence-electron chi connectivity index (χ1n) is 16.7. The van der Waals surface area contributed by atoms with Crippen LogP contribution in [0, 0.1) is 0 Å². The Kier molecular flexibility index (Phi) is 5.53. The monoisotopic (exact) mass is 641 g/mol. The van der Waals surface area contributed by atoms with Crippen LogP contribution in [0.3, 0.4) is 0 Å². The number of benzene rings is 7. The van der Waals surface area contributed by atoms with Crippen molar-refractivity contribution in [3.63, 3.8) is 0 Å². The van der Waals surface area contributed by atoms with Gasteiger partial charge in [0, 0.05) is 31.5 Å². The van der Waals surface area contributed by atoms with E-state index >= 15 is 0 Å². The molecule has 0 bridgehead atoms. The van der Waals surface area contributed by atoms with Crippen LogP contribution in [-0.4, -0.2) is 14.5 Å². The van der Waals surface area contributed by atoms with Crippen molar-refractivity contribution in [2.24, 2.45) is 0 Å². The Bertz CT molecular complexity index is 2770. The average Bonchev–Trinajstić information content (AvgIpc) is 3.66. The third-order valence-corrected chi connectivity index (χ3v) is 11.7. The van der Waals surface area contributed by atoms with Crippen molar-refractivity contribution in [1.29, 1.82) is 0 Å². The van der Waals surface area contributed by atoms with E-state index in [2.05, 4.69) is 162 Å². The lowest BCUT2D eigenvalue weighted by Crippen LogP contribution is -2.32. The summed E-state index contributed by atoms with van der Waals surface area (Å²) in [5.41, 5.74) is 12.7. The molecule has 1 aliphatic heterocycles. The maximum atomic E-state index is 5.34. The van der Waals surface area contributed by atoms with Crippen molar-refractivity contribution in [1.82, 2.24) is 14.5 Å². The summed E-state index contributed by atoms with van der Waals surface area (Å²) in [6.45, 7) is 0. The fourth-order valence-electron chi connectivity index (χ4n) is 8.56. The third kappa shape index (κ3) is 3.53. The molecule has 0 radical (unpaired) electrons. The van der Waals surface area contributed by atoms with E-state index in [9.17, 15) is 0 Å². The molecule has 0 fully saturated rings. The van der Waals surface area contributed by atoms with Gasteiger partial charge in [-0.3, -0.25) is 4.57 Å². The summed E-state index contributed by atoms with van der Waals surface area (Å²) in [6, 6.07) is 59.2. The molecule has 0 atom stereocenters. The smallest absolute Gasteiger partial charge is 0.235 e. The topological polar surface area (TPSA) is 30.7 Å². The molecule has 0 saturated heterocycles. The average molecular weight is 642 g/mol. The Balaban J connectivity index is 1.27. The molecule has 0 saturated carbocycles. The zero-order chi connectivity index (χ0) is 32.1. The Morgan fingerprint density at radius 1 is 0.469 bits per heavy atom. The molecule has 9 aromatic rings. The second-order valence-corrected chi connectivity index (χ2v) is 13.9. The van der Waals surface area contributed by atoms with Crippen molar-refractivity contribution >= 4 is 44.5 Å². The lowest BCUT2D eigenvalue weighted by Gasteiger charge is -2.40. The Hall–Kier alpha value is -5.97. The minimum absolute atomic E-state index is 0.429. The fraction of sp³-hybridized carbons (Fsp3) is 0.0222. The van der Waals surface area contributed by atoms with Crippen LogP contribution in [0.1, 0.15) is 22.3 Å². The van der Waals surface area contributed by atoms with Crippen LogP contribution < -0.4 is 0 Å². The zero-order valence-corrected chi connectivity index (χ0v) is 27.2. The highest BCUT2D eigenvalue weighted by molar-refractivity contribution is 7.99. The number of nitrogens with zero attached hydrogens (tertiary/aromatic N) is 3. The van der Waals surface area contributed by atoms with Crippen LogP contribution in [0.2, 0.25) is 0 Å². The SMILES string of the molecule is c1ccc(-c2nc(-n3c4ccccc4c4c5c(ccc43)C3(c4ccccc4S5)c4ccccc4-c4ccccc43)nc3ccccc23)cc1. The van der Waals surface area contributed by atoms with Gasteiger partial charge in [-0.2, -0.15) is 0 Å². The van der Waals surface area contributed by atoms with Crippen LogP contribution >= 0.6 is 11.8 Å². The maximum Gasteiger partial charge on any atom is 0.235 e. The normalized spacial score (nSPS) is 13.8. The van der Waals surface area contributed by atoms with Crippen LogP contribution in [0.4, 0.5) is 0 Å². The summed E-state index contributed by atoms with van der Waals surface area (Å²) >= 11 is 1.89. The van der Waals surface area contributed by atoms with Gasteiger partial charge in [-0.05, 0) is 57.6 Å². The molecule has 0 unspecified atom stereocenters. The van der Waals surface area contributed by atoms with Gasteiger partial charge in [0.1, 0.15) is 0 Å². The predicted octanol–water partition coefficient (Wildman–Crippen LogP) is 11.2. The molecule has 2 aromatic heterocycles. The second kappa shape index (κ2) is 10.0. The molecular weight excluding hydrogens is 615 g/mol. The molecule has 228 valence electrons. The molecule has 0 N–H and O–H groups in total. The van der Waals surface area contributed by atoms with Gasteiger partial charge in [-0.25, -0.2) is 9.97 Å². The first kappa shape index (κ1) is 27.0. The third-order valence-electron chi connectivity index (χ3n) is 10.5. The van der Waals surface area contributed by atoms with E-state index < -0.39 is 5.41 Å². The van der Waals surface area contributed by atoms with E-state index in [0.717, 1.165) is 33.2 Å². The predicted molar refractivity (Wildman–Crippen MR) is 201 cm³/mol. The lowest BCUT2D eigenvalue weighted by atomic mass is 9.67. The molecule has 2 aliphatic rings. The van der Waals surface area contributed by atoms with E-state index in [4.69, 9.17) is 9.97 Å². The first-order valence-corrected chi connectivity index (χ1v) is 17.5. The summed E-state index contributed by atoms with van der Waals surface area (Å²) < 4.78 is 2.27. The molecule has 4 heteroatoms. The second-order valence-electron chi connectivity index (χ2n) is 12.9. The number of rotatable bonds is 2. The summed E-state index contributed by atoms with van der Waals surface area (Å²) in [4.78, 5) is 13.1. The number of hydrogen-bond donors (Lipinski definition) is 0. The van der Waals surface area contributed by atoms with E-state index in [-0.39, 0.29) is 0 Å². The van der Waals surface area contributed by atoms with Gasteiger partial charge in [0.15, 0.2) is 0 Å². The highest BCUT2D eigenvalue weighted by Gasteiger charge is 2.50. The fourth-order valence-corrected chi connectivity index (χ4v) is 9.91. The van der Waals surface area contributed by atoms with Crippen molar-refractivity contribution in [3.05, 3.63) is 186 Å². The maximum absolute atomic E-state index is 5.34. The molecular formula is C45H27N3S. The summed E-state index contributed by atoms with van der Waals surface area (Å²) in [5.74, 6) is 0.677. The highest BCUT2D eigenvalue weighted by Crippen LogP contribution is 2.63. The van der Waals surface area contributed by atoms with Crippen LogP contribution in [0.5, 0.6) is 0 Å². The van der Waals surface area contributed by atoms with Crippen molar-refractivity contribution in [2.75, 3.05) is 0 Å². The van der Waals surface area contributed by atoms with Crippen molar-refractivity contribution in [3.8, 4) is 28.3 Å². The van der Waals surface area contributed by atoms with Crippen molar-refractivity contribution < 1.29 is 0 Å². The van der Waals surface area contributed by atoms with E-state index in [1.807, 2.05) is 17.8 Å². The summed E-state index contributed by atoms with van der Waals surface area (Å²) in [7, 11) is 0. The number of para-hydroxylation sites is 2. The quantitative estimate of drug-likeness (QED) is 0.188. The van der Waals surface area contributed by atoms with Gasteiger partial charge in [0.25, 0.3) is 0 Å². The Morgan fingerprint density at radius 2 is 1.10 bits per heavy atom. The number of fused-ring (bicyclic) bond motifs is 14. The Morgan fingerprint density at radius 3 is 1.90 bits per heavy atom. The summed E-state index contributed by atoms with van der Waals surface area (Å²) in [5, 5.41) is 3.49. The van der Waals surface area contributed by atoms with Gasteiger partial charge < -0.3 is 0 Å². The molecule has 3 nitrogen and oxygen atoms in total. The van der Waals surface area contributed by atoms with E-state index in [0.29, 0.717) is 5.95 Å². The van der Waals surface area contributed by atoms with Gasteiger partial charge in [0.05, 0.1) is 27.7 Å². The molecule has 49 heavy (non-hydrogen) atoms. The van der Waals surface area contributed by atoms with Gasteiger partial charge in [-0.15, -0.1) is 0 Å². The highest BCUT2D eigenvalue weighted by atomic mass is 32.2.